The first-order chi connectivity index (χ1) is 17.0. The normalized spacial score (nSPS) is 13.9. The molecule has 4 rings (SSSR count). The minimum absolute atomic E-state index is 0.0272. The van der Waals surface area contributed by atoms with Crippen molar-refractivity contribution in [2.45, 2.75) is 43.3 Å². The van der Waals surface area contributed by atoms with Crippen molar-refractivity contribution in [3.63, 3.8) is 0 Å². The number of non-ortho nitro benzene ring substituents is 1. The number of thioether (sulfide) groups is 1. The molecule has 0 unspecified atom stereocenters. The van der Waals surface area contributed by atoms with E-state index in [1.165, 1.54) is 42.4 Å². The molecule has 184 valence electrons. The van der Waals surface area contributed by atoms with E-state index in [0.717, 1.165) is 37.1 Å². The first-order valence-electron chi connectivity index (χ1n) is 11.3. The number of rotatable bonds is 9. The summed E-state index contributed by atoms with van der Waals surface area (Å²) in [5, 5.41) is 23.2. The fourth-order valence-electron chi connectivity index (χ4n) is 4.21. The number of methoxy groups -OCH3 is 2. The Kier molecular flexibility index (Phi) is 7.86. The van der Waals surface area contributed by atoms with Crippen LogP contribution >= 0.6 is 11.8 Å². The topological polar surface area (TPSA) is 121 Å². The number of carbonyl (C=O) groups excluding carboxylic acids is 1. The maximum Gasteiger partial charge on any atom is 0.269 e. The number of nitrogens with zero attached hydrogens (tertiary/aromatic N) is 4. The van der Waals surface area contributed by atoms with E-state index in [9.17, 15) is 14.9 Å². The van der Waals surface area contributed by atoms with E-state index in [1.807, 2.05) is 18.2 Å². The van der Waals surface area contributed by atoms with E-state index in [-0.39, 0.29) is 23.4 Å². The number of nitrogens with one attached hydrogen (secondary N) is 1. The van der Waals surface area contributed by atoms with E-state index in [4.69, 9.17) is 9.47 Å². The standard InChI is InChI=1S/C24H27N5O5S/c1-33-20-13-8-16(14-21(20)34-2)23-26-27-24(28(23)18-6-4-3-5-7-18)35-15-22(30)25-17-9-11-19(12-10-17)29(31)32/h8-14,18H,3-7,15H2,1-2H3,(H,25,30). The molecule has 10 nitrogen and oxygen atoms in total. The van der Waals surface area contributed by atoms with Crippen molar-refractivity contribution in [2.24, 2.45) is 0 Å². The van der Waals surface area contributed by atoms with Gasteiger partial charge in [-0.3, -0.25) is 19.5 Å². The number of anilines is 1. The highest BCUT2D eigenvalue weighted by Crippen LogP contribution is 2.38. The smallest absolute Gasteiger partial charge is 0.269 e. The Balaban J connectivity index is 1.54. The molecule has 1 aromatic heterocycles. The van der Waals surface area contributed by atoms with Crippen molar-refractivity contribution >= 4 is 29.0 Å². The largest absolute Gasteiger partial charge is 0.493 e. The molecule has 1 fully saturated rings. The Hall–Kier alpha value is -3.60. The minimum atomic E-state index is -0.477. The molecule has 2 aromatic carbocycles. The number of aromatic nitrogens is 3. The van der Waals surface area contributed by atoms with Crippen LogP contribution in [0.2, 0.25) is 0 Å². The lowest BCUT2D eigenvalue weighted by Crippen LogP contribution is -2.17. The SMILES string of the molecule is COc1ccc(-c2nnc(SCC(=O)Nc3ccc([N+](=O)[O-])cc3)n2C2CCCCC2)cc1OC. The Morgan fingerprint density at radius 1 is 1.09 bits per heavy atom. The van der Waals surface area contributed by atoms with Crippen LogP contribution in [-0.2, 0) is 4.79 Å². The van der Waals surface area contributed by atoms with Crippen LogP contribution < -0.4 is 14.8 Å². The van der Waals surface area contributed by atoms with Gasteiger partial charge in [-0.15, -0.1) is 10.2 Å². The quantitative estimate of drug-likeness (QED) is 0.246. The van der Waals surface area contributed by atoms with Gasteiger partial charge in [0.2, 0.25) is 5.91 Å². The third-order valence-corrected chi connectivity index (χ3v) is 6.88. The van der Waals surface area contributed by atoms with Crippen LogP contribution in [0.5, 0.6) is 11.5 Å². The van der Waals surface area contributed by atoms with Crippen LogP contribution in [0.3, 0.4) is 0 Å². The van der Waals surface area contributed by atoms with Crippen LogP contribution in [0.15, 0.2) is 47.6 Å². The van der Waals surface area contributed by atoms with E-state index < -0.39 is 4.92 Å². The van der Waals surface area contributed by atoms with Gasteiger partial charge in [-0.2, -0.15) is 0 Å². The van der Waals surface area contributed by atoms with E-state index in [0.29, 0.717) is 22.3 Å². The summed E-state index contributed by atoms with van der Waals surface area (Å²) >= 11 is 1.32. The summed E-state index contributed by atoms with van der Waals surface area (Å²) in [5.41, 5.74) is 1.34. The summed E-state index contributed by atoms with van der Waals surface area (Å²) in [4.78, 5) is 22.9. The van der Waals surface area contributed by atoms with Gasteiger partial charge in [0.15, 0.2) is 22.5 Å². The number of hydrogen-bond donors (Lipinski definition) is 1. The van der Waals surface area contributed by atoms with Crippen molar-refractivity contribution in [3.05, 3.63) is 52.6 Å². The first-order valence-corrected chi connectivity index (χ1v) is 12.3. The molecule has 1 aliphatic carbocycles. The van der Waals surface area contributed by atoms with Crippen molar-refractivity contribution in [3.8, 4) is 22.9 Å². The molecular formula is C24H27N5O5S. The van der Waals surface area contributed by atoms with Crippen LogP contribution in [-0.4, -0.2) is 45.6 Å². The van der Waals surface area contributed by atoms with Gasteiger partial charge in [0.1, 0.15) is 0 Å². The zero-order valence-electron chi connectivity index (χ0n) is 19.6. The highest BCUT2D eigenvalue weighted by molar-refractivity contribution is 7.99. The fraction of sp³-hybridized carbons (Fsp3) is 0.375. The van der Waals surface area contributed by atoms with Gasteiger partial charge in [0.25, 0.3) is 5.69 Å². The van der Waals surface area contributed by atoms with Crippen LogP contribution in [0.25, 0.3) is 11.4 Å². The van der Waals surface area contributed by atoms with Crippen LogP contribution in [0.4, 0.5) is 11.4 Å². The Bertz CT molecular complexity index is 1190. The lowest BCUT2D eigenvalue weighted by molar-refractivity contribution is -0.384. The number of nitro groups is 1. The molecule has 0 radical (unpaired) electrons. The summed E-state index contributed by atoms with van der Waals surface area (Å²) < 4.78 is 13.0. The van der Waals surface area contributed by atoms with Gasteiger partial charge in [-0.05, 0) is 43.2 Å². The molecule has 0 spiro atoms. The molecule has 0 aliphatic heterocycles. The van der Waals surface area contributed by atoms with Gasteiger partial charge in [0, 0.05) is 29.4 Å². The monoisotopic (exact) mass is 497 g/mol. The first kappa shape index (κ1) is 24.5. The summed E-state index contributed by atoms with van der Waals surface area (Å²) in [7, 11) is 3.19. The summed E-state index contributed by atoms with van der Waals surface area (Å²) in [6.45, 7) is 0. The maximum atomic E-state index is 12.6. The van der Waals surface area contributed by atoms with Gasteiger partial charge < -0.3 is 14.8 Å². The molecule has 11 heteroatoms. The zero-order valence-corrected chi connectivity index (χ0v) is 20.4. The molecule has 3 aromatic rings. The lowest BCUT2D eigenvalue weighted by atomic mass is 9.95. The van der Waals surface area contributed by atoms with Crippen molar-refractivity contribution in [2.75, 3.05) is 25.3 Å². The average molecular weight is 498 g/mol. The number of ether oxygens (including phenoxy) is 2. The Labute approximate surface area is 207 Å². The summed E-state index contributed by atoms with van der Waals surface area (Å²) in [5.74, 6) is 1.89. The number of hydrogen-bond acceptors (Lipinski definition) is 8. The average Bonchev–Trinajstić information content (AvgIpc) is 3.32. The maximum absolute atomic E-state index is 12.6. The second-order valence-electron chi connectivity index (χ2n) is 8.18. The Morgan fingerprint density at radius 3 is 2.46 bits per heavy atom. The molecule has 0 bridgehead atoms. The number of carbonyl (C=O) groups is 1. The van der Waals surface area contributed by atoms with Crippen molar-refractivity contribution in [1.82, 2.24) is 14.8 Å². The fourth-order valence-corrected chi connectivity index (χ4v) is 5.02. The zero-order chi connectivity index (χ0) is 24.8. The summed E-state index contributed by atoms with van der Waals surface area (Å²) in [6, 6.07) is 11.7. The Morgan fingerprint density at radius 2 is 1.80 bits per heavy atom. The number of nitro benzene ring substituents is 1. The molecule has 1 aliphatic rings. The summed E-state index contributed by atoms with van der Waals surface area (Å²) in [6.07, 6.45) is 5.55. The molecule has 1 heterocycles. The number of benzene rings is 2. The van der Waals surface area contributed by atoms with Crippen molar-refractivity contribution < 1.29 is 19.2 Å². The van der Waals surface area contributed by atoms with E-state index in [2.05, 4.69) is 20.1 Å². The number of amides is 1. The molecule has 1 N–H and O–H groups in total. The van der Waals surface area contributed by atoms with E-state index >= 15 is 0 Å². The molecule has 35 heavy (non-hydrogen) atoms. The molecule has 1 saturated carbocycles. The predicted octanol–water partition coefficient (Wildman–Crippen LogP) is 5.11. The van der Waals surface area contributed by atoms with Gasteiger partial charge in [-0.1, -0.05) is 31.0 Å². The van der Waals surface area contributed by atoms with Gasteiger partial charge in [-0.25, -0.2) is 0 Å². The van der Waals surface area contributed by atoms with Crippen LogP contribution in [0, 0.1) is 10.1 Å². The second kappa shape index (κ2) is 11.2. The third-order valence-electron chi connectivity index (χ3n) is 5.94. The highest BCUT2D eigenvalue weighted by atomic mass is 32.2. The molecule has 0 saturated heterocycles. The highest BCUT2D eigenvalue weighted by Gasteiger charge is 2.25. The molecule has 1 amide bonds. The van der Waals surface area contributed by atoms with Gasteiger partial charge >= 0.3 is 0 Å². The molecule has 0 atom stereocenters. The van der Waals surface area contributed by atoms with E-state index in [1.54, 1.807) is 14.2 Å². The van der Waals surface area contributed by atoms with Crippen LogP contribution in [0.1, 0.15) is 38.1 Å². The lowest BCUT2D eigenvalue weighted by Gasteiger charge is -2.25. The molecular weight excluding hydrogens is 470 g/mol. The van der Waals surface area contributed by atoms with Crippen molar-refractivity contribution in [1.29, 1.82) is 0 Å². The third kappa shape index (κ3) is 5.73. The minimum Gasteiger partial charge on any atom is -0.493 e. The van der Waals surface area contributed by atoms with Gasteiger partial charge in [0.05, 0.1) is 24.9 Å². The predicted molar refractivity (Wildman–Crippen MR) is 133 cm³/mol. The second-order valence-corrected chi connectivity index (χ2v) is 9.12.